The molecular formula is C21H28ClN3O. The Morgan fingerprint density at radius 2 is 1.62 bits per heavy atom. The van der Waals surface area contributed by atoms with Gasteiger partial charge in [-0.25, -0.2) is 4.79 Å². The maximum atomic E-state index is 12.9. The fourth-order valence-corrected chi connectivity index (χ4v) is 6.42. The minimum atomic E-state index is 0.160. The second kappa shape index (κ2) is 6.63. The number of hydrogen-bond acceptors (Lipinski definition) is 2. The van der Waals surface area contributed by atoms with Gasteiger partial charge in [-0.3, -0.25) is 0 Å². The van der Waals surface area contributed by atoms with Crippen molar-refractivity contribution in [2.75, 3.05) is 31.1 Å². The van der Waals surface area contributed by atoms with Crippen LogP contribution in [0, 0.1) is 23.7 Å². The molecule has 0 unspecified atom stereocenters. The molecule has 140 valence electrons. The highest BCUT2D eigenvalue weighted by Crippen LogP contribution is 2.53. The summed E-state index contributed by atoms with van der Waals surface area (Å²) in [6, 6.07) is 8.58. The fourth-order valence-electron chi connectivity index (χ4n) is 6.24. The van der Waals surface area contributed by atoms with Gasteiger partial charge < -0.3 is 15.1 Å². The molecule has 5 heteroatoms. The standard InChI is InChI=1S/C21H28ClN3O/c22-18-2-1-3-19(13-18)24-4-6-25(7-5-24)21(26)23-20-16-9-14-8-15(11-16)12-17(20)10-14/h1-3,13-17,20H,4-12H2,(H,23,26). The Morgan fingerprint density at radius 1 is 0.962 bits per heavy atom. The lowest BCUT2D eigenvalue weighted by atomic mass is 9.54. The molecule has 1 heterocycles. The average molecular weight is 374 g/mol. The van der Waals surface area contributed by atoms with Crippen LogP contribution in [-0.4, -0.2) is 43.2 Å². The number of nitrogens with zero attached hydrogens (tertiary/aromatic N) is 2. The van der Waals surface area contributed by atoms with E-state index >= 15 is 0 Å². The minimum Gasteiger partial charge on any atom is -0.368 e. The van der Waals surface area contributed by atoms with Crippen molar-refractivity contribution in [3.05, 3.63) is 29.3 Å². The van der Waals surface area contributed by atoms with Crippen LogP contribution in [-0.2, 0) is 0 Å². The van der Waals surface area contributed by atoms with Gasteiger partial charge in [0.1, 0.15) is 0 Å². The second-order valence-electron chi connectivity index (χ2n) is 8.86. The van der Waals surface area contributed by atoms with Crippen LogP contribution in [0.4, 0.5) is 10.5 Å². The molecule has 0 atom stereocenters. The van der Waals surface area contributed by atoms with Crippen LogP contribution >= 0.6 is 11.6 Å². The van der Waals surface area contributed by atoms with E-state index in [9.17, 15) is 4.79 Å². The summed E-state index contributed by atoms with van der Waals surface area (Å²) in [5.74, 6) is 3.38. The highest BCUT2D eigenvalue weighted by molar-refractivity contribution is 6.30. The quantitative estimate of drug-likeness (QED) is 0.850. The van der Waals surface area contributed by atoms with E-state index in [0.29, 0.717) is 6.04 Å². The lowest BCUT2D eigenvalue weighted by Gasteiger charge is -2.54. The Morgan fingerprint density at radius 3 is 2.23 bits per heavy atom. The largest absolute Gasteiger partial charge is 0.368 e. The number of carbonyl (C=O) groups is 1. The summed E-state index contributed by atoms with van der Waals surface area (Å²) in [6.45, 7) is 3.31. The fraction of sp³-hybridized carbons (Fsp3) is 0.667. The molecule has 1 aromatic rings. The highest BCUT2D eigenvalue weighted by Gasteiger charge is 2.48. The smallest absolute Gasteiger partial charge is 0.317 e. The van der Waals surface area contributed by atoms with E-state index in [1.807, 2.05) is 23.1 Å². The number of rotatable bonds is 2. The number of amides is 2. The maximum absolute atomic E-state index is 12.9. The normalized spacial score (nSPS) is 35.7. The Hall–Kier alpha value is -1.42. The van der Waals surface area contributed by atoms with Gasteiger partial charge in [-0.2, -0.15) is 0 Å². The van der Waals surface area contributed by atoms with Crippen LogP contribution < -0.4 is 10.2 Å². The van der Waals surface area contributed by atoms with E-state index in [1.165, 1.54) is 32.1 Å². The van der Waals surface area contributed by atoms with Crippen molar-refractivity contribution in [1.82, 2.24) is 10.2 Å². The number of halogens is 1. The summed E-state index contributed by atoms with van der Waals surface area (Å²) in [5, 5.41) is 4.21. The van der Waals surface area contributed by atoms with Crippen LogP contribution in [0.1, 0.15) is 32.1 Å². The van der Waals surface area contributed by atoms with Gasteiger partial charge in [-0.1, -0.05) is 17.7 Å². The van der Waals surface area contributed by atoms with E-state index in [1.54, 1.807) is 0 Å². The van der Waals surface area contributed by atoms with Crippen molar-refractivity contribution in [3.8, 4) is 0 Å². The molecule has 0 aromatic heterocycles. The molecule has 0 spiro atoms. The van der Waals surface area contributed by atoms with E-state index < -0.39 is 0 Å². The third-order valence-electron chi connectivity index (χ3n) is 7.26. The van der Waals surface area contributed by atoms with Crippen LogP contribution in [0.25, 0.3) is 0 Å². The zero-order chi connectivity index (χ0) is 17.7. The van der Waals surface area contributed by atoms with Crippen molar-refractivity contribution in [2.24, 2.45) is 23.7 Å². The molecule has 4 bridgehead atoms. The zero-order valence-corrected chi connectivity index (χ0v) is 16.0. The molecule has 0 radical (unpaired) electrons. The predicted octanol–water partition coefficient (Wildman–Crippen LogP) is 4.00. The van der Waals surface area contributed by atoms with Gasteiger partial charge in [0.15, 0.2) is 0 Å². The SMILES string of the molecule is O=C(NC1C2CC3CC(C2)CC1C3)N1CCN(c2cccc(Cl)c2)CC1. The summed E-state index contributed by atoms with van der Waals surface area (Å²) in [7, 11) is 0. The number of urea groups is 1. The first kappa shape index (κ1) is 16.7. The molecule has 5 aliphatic rings. The molecule has 1 aliphatic heterocycles. The zero-order valence-electron chi connectivity index (χ0n) is 15.2. The third-order valence-corrected chi connectivity index (χ3v) is 7.49. The molecule has 26 heavy (non-hydrogen) atoms. The summed E-state index contributed by atoms with van der Waals surface area (Å²) in [6.07, 6.45) is 6.85. The van der Waals surface area contributed by atoms with Gasteiger partial charge in [0.05, 0.1) is 0 Å². The van der Waals surface area contributed by atoms with Crippen LogP contribution in [0.15, 0.2) is 24.3 Å². The third kappa shape index (κ3) is 3.06. The van der Waals surface area contributed by atoms with E-state index in [-0.39, 0.29) is 6.03 Å². The molecule has 4 saturated carbocycles. The van der Waals surface area contributed by atoms with Gasteiger partial charge in [-0.15, -0.1) is 0 Å². The number of carbonyl (C=O) groups excluding carboxylic acids is 1. The molecule has 2 amide bonds. The second-order valence-corrected chi connectivity index (χ2v) is 9.30. The van der Waals surface area contributed by atoms with Crippen molar-refractivity contribution >= 4 is 23.3 Å². The Kier molecular flexibility index (Phi) is 4.27. The molecule has 4 aliphatic carbocycles. The maximum Gasteiger partial charge on any atom is 0.317 e. The Balaban J connectivity index is 1.18. The molecule has 4 nitrogen and oxygen atoms in total. The predicted molar refractivity (Wildman–Crippen MR) is 105 cm³/mol. The molecule has 5 fully saturated rings. The molecule has 6 rings (SSSR count). The first-order valence-corrected chi connectivity index (χ1v) is 10.6. The molecule has 1 aromatic carbocycles. The van der Waals surface area contributed by atoms with Gasteiger partial charge in [0, 0.05) is 42.9 Å². The number of hydrogen-bond donors (Lipinski definition) is 1. The summed E-state index contributed by atoms with van der Waals surface area (Å²) in [4.78, 5) is 17.2. The number of anilines is 1. The monoisotopic (exact) mass is 373 g/mol. The molecule has 1 N–H and O–H groups in total. The van der Waals surface area contributed by atoms with Gasteiger partial charge >= 0.3 is 6.03 Å². The summed E-state index contributed by atoms with van der Waals surface area (Å²) < 4.78 is 0. The van der Waals surface area contributed by atoms with Crippen molar-refractivity contribution in [3.63, 3.8) is 0 Å². The van der Waals surface area contributed by atoms with E-state index in [2.05, 4.69) is 16.3 Å². The van der Waals surface area contributed by atoms with Crippen molar-refractivity contribution in [2.45, 2.75) is 38.1 Å². The molecular weight excluding hydrogens is 346 g/mol. The average Bonchev–Trinajstić information content (AvgIpc) is 2.64. The Labute approximate surface area is 160 Å². The number of piperazine rings is 1. The van der Waals surface area contributed by atoms with Crippen molar-refractivity contribution in [1.29, 1.82) is 0 Å². The van der Waals surface area contributed by atoms with Crippen molar-refractivity contribution < 1.29 is 4.79 Å². The van der Waals surface area contributed by atoms with E-state index in [0.717, 1.165) is 60.6 Å². The van der Waals surface area contributed by atoms with Gasteiger partial charge in [0.2, 0.25) is 0 Å². The van der Waals surface area contributed by atoms with Crippen LogP contribution in [0.3, 0.4) is 0 Å². The summed E-state index contributed by atoms with van der Waals surface area (Å²) >= 11 is 6.11. The van der Waals surface area contributed by atoms with Gasteiger partial charge in [0.25, 0.3) is 0 Å². The van der Waals surface area contributed by atoms with E-state index in [4.69, 9.17) is 11.6 Å². The lowest BCUT2D eigenvalue weighted by Crippen LogP contribution is -2.60. The first-order valence-electron chi connectivity index (χ1n) is 10.2. The topological polar surface area (TPSA) is 35.6 Å². The lowest BCUT2D eigenvalue weighted by molar-refractivity contribution is -0.0110. The number of nitrogens with one attached hydrogen (secondary N) is 1. The Bertz CT molecular complexity index is 658. The molecule has 1 saturated heterocycles. The number of benzene rings is 1. The first-order chi connectivity index (χ1) is 12.7. The minimum absolute atomic E-state index is 0.160. The highest BCUT2D eigenvalue weighted by atomic mass is 35.5. The summed E-state index contributed by atoms with van der Waals surface area (Å²) in [5.41, 5.74) is 1.15. The van der Waals surface area contributed by atoms with Crippen LogP contribution in [0.2, 0.25) is 5.02 Å². The van der Waals surface area contributed by atoms with Gasteiger partial charge in [-0.05, 0) is 74.0 Å². The van der Waals surface area contributed by atoms with Crippen LogP contribution in [0.5, 0.6) is 0 Å².